The van der Waals surface area contributed by atoms with Gasteiger partial charge < -0.3 is 10.6 Å². The molecule has 0 amide bonds. The summed E-state index contributed by atoms with van der Waals surface area (Å²) in [5, 5.41) is 0.800. The highest BCUT2D eigenvalue weighted by Gasteiger charge is 2.37. The van der Waals surface area contributed by atoms with Gasteiger partial charge in [-0.2, -0.15) is 0 Å². The molecule has 4 rings (SSSR count). The van der Waals surface area contributed by atoms with Gasteiger partial charge in [0.15, 0.2) is 0 Å². The van der Waals surface area contributed by atoms with Crippen LogP contribution >= 0.6 is 0 Å². The van der Waals surface area contributed by atoms with E-state index in [1.165, 1.54) is 18.9 Å². The maximum absolute atomic E-state index is 13.2. The van der Waals surface area contributed by atoms with Crippen molar-refractivity contribution in [3.63, 3.8) is 0 Å². The number of hydrogen-bond donors (Lipinski definition) is 1. The monoisotopic (exact) mass is 317 g/mol. The lowest BCUT2D eigenvalue weighted by molar-refractivity contribution is 0.153. The Morgan fingerprint density at radius 2 is 1.96 bits per heavy atom. The van der Waals surface area contributed by atoms with Gasteiger partial charge in [0.1, 0.15) is 0 Å². The molecule has 1 aliphatic carbocycles. The molecule has 1 aromatic heterocycles. The van der Waals surface area contributed by atoms with E-state index >= 15 is 0 Å². The molecule has 3 nitrogen and oxygen atoms in total. The zero-order valence-corrected chi connectivity index (χ0v) is 13.0. The first kappa shape index (κ1) is 14.8. The van der Waals surface area contributed by atoms with Gasteiger partial charge >= 0.3 is 0 Å². The lowest BCUT2D eigenvalue weighted by Crippen LogP contribution is -2.47. The average Bonchev–Trinajstić information content (AvgIpc) is 3.38. The maximum atomic E-state index is 13.2. The molecular formula is C18H21F2N3. The average molecular weight is 317 g/mol. The smallest absolute Gasteiger partial charge is 0.265 e. The van der Waals surface area contributed by atoms with E-state index in [-0.39, 0.29) is 11.6 Å². The van der Waals surface area contributed by atoms with Gasteiger partial charge in [-0.25, -0.2) is 8.78 Å². The zero-order chi connectivity index (χ0) is 16.0. The van der Waals surface area contributed by atoms with Crippen molar-refractivity contribution in [2.45, 2.75) is 31.7 Å². The summed E-state index contributed by atoms with van der Waals surface area (Å²) < 4.78 is 26.5. The van der Waals surface area contributed by atoms with Crippen LogP contribution in [0.2, 0.25) is 0 Å². The number of fused-ring (bicyclic) bond motifs is 1. The Kier molecular flexibility index (Phi) is 3.68. The Morgan fingerprint density at radius 3 is 2.70 bits per heavy atom. The van der Waals surface area contributed by atoms with Gasteiger partial charge in [0, 0.05) is 42.0 Å². The molecule has 2 heterocycles. The molecule has 122 valence electrons. The van der Waals surface area contributed by atoms with Crippen molar-refractivity contribution in [1.82, 2.24) is 4.98 Å². The van der Waals surface area contributed by atoms with Crippen LogP contribution in [0.5, 0.6) is 0 Å². The Hall–Kier alpha value is -1.75. The van der Waals surface area contributed by atoms with Crippen molar-refractivity contribution < 1.29 is 8.78 Å². The van der Waals surface area contributed by atoms with E-state index in [0.29, 0.717) is 11.4 Å². The van der Waals surface area contributed by atoms with Crippen molar-refractivity contribution >= 4 is 16.6 Å². The fraction of sp³-hybridized carbons (Fsp3) is 0.500. The summed E-state index contributed by atoms with van der Waals surface area (Å²) in [6, 6.07) is 7.17. The Balaban J connectivity index is 1.74. The third-order valence-electron chi connectivity index (χ3n) is 5.16. The summed E-state index contributed by atoms with van der Waals surface area (Å²) >= 11 is 0. The van der Waals surface area contributed by atoms with Crippen LogP contribution in [0.15, 0.2) is 30.5 Å². The second-order valence-electron chi connectivity index (χ2n) is 6.87. The van der Waals surface area contributed by atoms with E-state index in [0.717, 1.165) is 36.5 Å². The number of rotatable bonds is 3. The van der Waals surface area contributed by atoms with E-state index in [4.69, 9.17) is 5.73 Å². The second kappa shape index (κ2) is 5.71. The van der Waals surface area contributed by atoms with Crippen LogP contribution in [-0.4, -0.2) is 24.1 Å². The van der Waals surface area contributed by atoms with Crippen LogP contribution in [0, 0.1) is 11.8 Å². The molecule has 5 heteroatoms. The maximum Gasteiger partial charge on any atom is 0.265 e. The number of alkyl halides is 2. The normalized spacial score (nSPS) is 25.3. The van der Waals surface area contributed by atoms with Crippen molar-refractivity contribution in [2.24, 2.45) is 17.6 Å². The summed E-state index contributed by atoms with van der Waals surface area (Å²) in [4.78, 5) is 6.48. The molecule has 1 saturated heterocycles. The molecular weight excluding hydrogens is 296 g/mol. The van der Waals surface area contributed by atoms with Gasteiger partial charge in [0.05, 0.1) is 5.52 Å². The van der Waals surface area contributed by atoms with Gasteiger partial charge in [-0.05, 0) is 55.4 Å². The lowest BCUT2D eigenvalue weighted by atomic mass is 9.90. The molecule has 0 unspecified atom stereocenters. The molecule has 1 saturated carbocycles. The van der Waals surface area contributed by atoms with Crippen molar-refractivity contribution in [2.75, 3.05) is 18.0 Å². The van der Waals surface area contributed by atoms with Crippen LogP contribution in [0.25, 0.3) is 10.9 Å². The minimum Gasteiger partial charge on any atom is -0.369 e. The molecule has 2 N–H and O–H groups in total. The van der Waals surface area contributed by atoms with Crippen molar-refractivity contribution in [3.05, 3.63) is 36.0 Å². The number of nitrogens with two attached hydrogens (primary N) is 1. The number of benzene rings is 1. The van der Waals surface area contributed by atoms with Crippen LogP contribution in [0.3, 0.4) is 0 Å². The molecule has 2 aromatic rings. The predicted molar refractivity (Wildman–Crippen MR) is 87.7 cm³/mol. The first-order valence-corrected chi connectivity index (χ1v) is 8.30. The van der Waals surface area contributed by atoms with Crippen molar-refractivity contribution in [1.29, 1.82) is 0 Å². The lowest BCUT2D eigenvalue weighted by Gasteiger charge is -2.38. The molecule has 1 aromatic carbocycles. The summed E-state index contributed by atoms with van der Waals surface area (Å²) in [5.41, 5.74) is 7.66. The number of piperidine rings is 1. The van der Waals surface area contributed by atoms with Crippen LogP contribution in [0.4, 0.5) is 14.5 Å². The molecule has 0 bridgehead atoms. The molecule has 0 radical (unpaired) electrons. The third-order valence-corrected chi connectivity index (χ3v) is 5.16. The molecule has 0 spiro atoms. The highest BCUT2D eigenvalue weighted by Crippen LogP contribution is 2.42. The van der Waals surface area contributed by atoms with Crippen LogP contribution < -0.4 is 10.6 Å². The standard InChI is InChI=1S/C18H21F2N3/c19-18(20)15-5-6-16(14-2-1-7-22-17(14)15)23-9-12(11-3-4-11)8-13(21)10-23/h1-2,5-7,11-13,18H,3-4,8-10,21H2/t12-,13+/m1/s1. The highest BCUT2D eigenvalue weighted by atomic mass is 19.3. The second-order valence-corrected chi connectivity index (χ2v) is 6.87. The third kappa shape index (κ3) is 2.78. The first-order valence-electron chi connectivity index (χ1n) is 8.30. The first-order chi connectivity index (χ1) is 11.1. The number of anilines is 1. The SMILES string of the molecule is N[C@H]1C[C@@H](C2CC2)CN(c2ccc(C(F)F)c3ncccc23)C1. The van der Waals surface area contributed by atoms with E-state index < -0.39 is 6.43 Å². The molecule has 2 aliphatic rings. The van der Waals surface area contributed by atoms with E-state index in [2.05, 4.69) is 9.88 Å². The molecule has 1 aliphatic heterocycles. The summed E-state index contributed by atoms with van der Waals surface area (Å²) in [5.74, 6) is 1.42. The fourth-order valence-electron chi connectivity index (χ4n) is 3.92. The number of pyridine rings is 1. The largest absolute Gasteiger partial charge is 0.369 e. The van der Waals surface area contributed by atoms with Gasteiger partial charge in [-0.15, -0.1) is 0 Å². The molecule has 2 atom stereocenters. The van der Waals surface area contributed by atoms with E-state index in [1.54, 1.807) is 6.20 Å². The predicted octanol–water partition coefficient (Wildman–Crippen LogP) is 3.74. The Bertz CT molecular complexity index is 714. The van der Waals surface area contributed by atoms with Crippen LogP contribution in [-0.2, 0) is 0 Å². The van der Waals surface area contributed by atoms with E-state index in [9.17, 15) is 8.78 Å². The minimum atomic E-state index is -2.51. The van der Waals surface area contributed by atoms with Gasteiger partial charge in [-0.3, -0.25) is 4.98 Å². The molecule has 23 heavy (non-hydrogen) atoms. The number of halogens is 2. The fourth-order valence-corrected chi connectivity index (χ4v) is 3.92. The highest BCUT2D eigenvalue weighted by molar-refractivity contribution is 5.94. The topological polar surface area (TPSA) is 42.1 Å². The number of aromatic nitrogens is 1. The summed E-state index contributed by atoms with van der Waals surface area (Å²) in [7, 11) is 0. The summed E-state index contributed by atoms with van der Waals surface area (Å²) in [6.07, 6.45) is 2.75. The van der Waals surface area contributed by atoms with E-state index in [1.807, 2.05) is 18.2 Å². The number of nitrogens with zero attached hydrogens (tertiary/aromatic N) is 2. The van der Waals surface area contributed by atoms with Gasteiger partial charge in [-0.1, -0.05) is 0 Å². The minimum absolute atomic E-state index is 0.00407. The van der Waals surface area contributed by atoms with Gasteiger partial charge in [0.2, 0.25) is 0 Å². The number of hydrogen-bond acceptors (Lipinski definition) is 3. The Morgan fingerprint density at radius 1 is 1.13 bits per heavy atom. The quantitative estimate of drug-likeness (QED) is 0.938. The van der Waals surface area contributed by atoms with Gasteiger partial charge in [0.25, 0.3) is 6.43 Å². The van der Waals surface area contributed by atoms with Crippen LogP contribution in [0.1, 0.15) is 31.3 Å². The van der Waals surface area contributed by atoms with Crippen molar-refractivity contribution in [3.8, 4) is 0 Å². The molecule has 2 fully saturated rings. The Labute approximate surface area is 134 Å². The summed E-state index contributed by atoms with van der Waals surface area (Å²) in [6.45, 7) is 1.75. The zero-order valence-electron chi connectivity index (χ0n) is 13.0.